The number of aliphatic imine (C=N–C) groups is 1. The quantitative estimate of drug-likeness (QED) is 0.644. The van der Waals surface area contributed by atoms with E-state index in [2.05, 4.69) is 63.5 Å². The zero-order valence-electron chi connectivity index (χ0n) is 15.5. The molecule has 0 aliphatic carbocycles. The van der Waals surface area contributed by atoms with Gasteiger partial charge in [0.25, 0.3) is 0 Å². The fourth-order valence-corrected chi connectivity index (χ4v) is 3.49. The van der Waals surface area contributed by atoms with Gasteiger partial charge in [-0.05, 0) is 29.5 Å². The molecule has 25 heavy (non-hydrogen) atoms. The zero-order valence-corrected chi connectivity index (χ0v) is 15.5. The summed E-state index contributed by atoms with van der Waals surface area (Å²) >= 11 is 0. The van der Waals surface area contributed by atoms with E-state index < -0.39 is 0 Å². The molecule has 2 heterocycles. The van der Waals surface area contributed by atoms with E-state index in [-0.39, 0.29) is 5.91 Å². The van der Waals surface area contributed by atoms with E-state index in [9.17, 15) is 4.79 Å². The molecule has 0 unspecified atom stereocenters. The van der Waals surface area contributed by atoms with Crippen molar-refractivity contribution in [1.29, 1.82) is 0 Å². The predicted octanol–water partition coefficient (Wildman–Crippen LogP) is 1.43. The Morgan fingerprint density at radius 2 is 2.04 bits per heavy atom. The summed E-state index contributed by atoms with van der Waals surface area (Å²) in [6, 6.07) is 8.43. The van der Waals surface area contributed by atoms with E-state index in [0.717, 1.165) is 37.8 Å². The van der Waals surface area contributed by atoms with E-state index in [1.165, 1.54) is 12.0 Å². The van der Waals surface area contributed by atoms with Crippen molar-refractivity contribution in [2.75, 3.05) is 44.7 Å². The zero-order chi connectivity index (χ0) is 17.9. The van der Waals surface area contributed by atoms with Crippen LogP contribution in [0.1, 0.15) is 25.8 Å². The minimum atomic E-state index is 0.0920. The van der Waals surface area contributed by atoms with Crippen molar-refractivity contribution in [1.82, 2.24) is 15.5 Å². The summed E-state index contributed by atoms with van der Waals surface area (Å²) in [6.07, 6.45) is 1.20. The van der Waals surface area contributed by atoms with Crippen LogP contribution in [-0.4, -0.2) is 56.5 Å². The normalized spacial score (nSPS) is 20.6. The molecule has 1 aromatic rings. The van der Waals surface area contributed by atoms with Crippen LogP contribution in [0.25, 0.3) is 0 Å². The van der Waals surface area contributed by atoms with Gasteiger partial charge in [0.15, 0.2) is 5.96 Å². The molecule has 2 aliphatic rings. The maximum absolute atomic E-state index is 11.5. The Kier molecular flexibility index (Phi) is 5.16. The van der Waals surface area contributed by atoms with Gasteiger partial charge >= 0.3 is 0 Å². The third kappa shape index (κ3) is 4.44. The van der Waals surface area contributed by atoms with Crippen molar-refractivity contribution in [3.05, 3.63) is 29.8 Å². The predicted molar refractivity (Wildman–Crippen MR) is 102 cm³/mol. The number of hydrogen-bond acceptors (Lipinski definition) is 3. The van der Waals surface area contributed by atoms with Crippen LogP contribution >= 0.6 is 0 Å². The van der Waals surface area contributed by atoms with Crippen LogP contribution < -0.4 is 15.5 Å². The second-order valence-electron chi connectivity index (χ2n) is 7.67. The minimum Gasteiger partial charge on any atom is -0.360 e. The Morgan fingerprint density at radius 3 is 2.64 bits per heavy atom. The summed E-state index contributed by atoms with van der Waals surface area (Å²) in [5, 5.41) is 6.33. The van der Waals surface area contributed by atoms with Gasteiger partial charge < -0.3 is 20.4 Å². The lowest BCUT2D eigenvalue weighted by Gasteiger charge is -2.28. The van der Waals surface area contributed by atoms with Gasteiger partial charge in [-0.1, -0.05) is 26.0 Å². The van der Waals surface area contributed by atoms with Gasteiger partial charge in [-0.3, -0.25) is 9.79 Å². The Morgan fingerprint density at radius 1 is 1.28 bits per heavy atom. The largest absolute Gasteiger partial charge is 0.360 e. The van der Waals surface area contributed by atoms with E-state index >= 15 is 0 Å². The molecule has 2 saturated heterocycles. The van der Waals surface area contributed by atoms with E-state index in [1.54, 1.807) is 0 Å². The first kappa shape index (κ1) is 17.6. The summed E-state index contributed by atoms with van der Waals surface area (Å²) in [7, 11) is 1.85. The molecule has 2 fully saturated rings. The highest BCUT2D eigenvalue weighted by Crippen LogP contribution is 2.28. The van der Waals surface area contributed by atoms with Gasteiger partial charge in [-0.25, -0.2) is 0 Å². The van der Waals surface area contributed by atoms with Crippen molar-refractivity contribution < 1.29 is 4.79 Å². The van der Waals surface area contributed by atoms with Crippen LogP contribution in [0.2, 0.25) is 0 Å². The van der Waals surface area contributed by atoms with E-state index in [1.807, 2.05) is 7.05 Å². The van der Waals surface area contributed by atoms with Gasteiger partial charge in [-0.2, -0.15) is 0 Å². The maximum Gasteiger partial charge on any atom is 0.239 e. The van der Waals surface area contributed by atoms with E-state index in [0.29, 0.717) is 18.5 Å². The third-order valence-corrected chi connectivity index (χ3v) is 4.98. The molecule has 136 valence electrons. The SMILES string of the molecule is CN=C(NCc1ccc(N2CCNC(=O)C2)cc1)N1CCC(C)(C)C1. The monoisotopic (exact) mass is 343 g/mol. The minimum absolute atomic E-state index is 0.0920. The molecule has 1 aromatic carbocycles. The first-order chi connectivity index (χ1) is 12.0. The highest BCUT2D eigenvalue weighted by molar-refractivity contribution is 5.82. The Hall–Kier alpha value is -2.24. The summed E-state index contributed by atoms with van der Waals surface area (Å²) < 4.78 is 0. The lowest BCUT2D eigenvalue weighted by molar-refractivity contribution is -0.120. The average Bonchev–Trinajstić information content (AvgIpc) is 2.96. The fraction of sp³-hybridized carbons (Fsp3) is 0.579. The lowest BCUT2D eigenvalue weighted by Crippen LogP contribution is -2.47. The number of carbonyl (C=O) groups excluding carboxylic acids is 1. The van der Waals surface area contributed by atoms with Crippen LogP contribution in [0, 0.1) is 5.41 Å². The fourth-order valence-electron chi connectivity index (χ4n) is 3.49. The number of rotatable bonds is 3. The molecular formula is C19H29N5O. The summed E-state index contributed by atoms with van der Waals surface area (Å²) in [4.78, 5) is 20.4. The van der Waals surface area contributed by atoms with Gasteiger partial charge in [-0.15, -0.1) is 0 Å². The van der Waals surface area contributed by atoms with Crippen LogP contribution in [0.4, 0.5) is 5.69 Å². The number of anilines is 1. The molecule has 0 atom stereocenters. The summed E-state index contributed by atoms with van der Waals surface area (Å²) in [5.74, 6) is 1.07. The number of benzene rings is 1. The molecule has 0 aromatic heterocycles. The van der Waals surface area contributed by atoms with Crippen LogP contribution in [-0.2, 0) is 11.3 Å². The number of nitrogens with zero attached hydrogens (tertiary/aromatic N) is 3. The van der Waals surface area contributed by atoms with Crippen molar-refractivity contribution in [2.45, 2.75) is 26.8 Å². The first-order valence-corrected chi connectivity index (χ1v) is 9.03. The number of guanidine groups is 1. The van der Waals surface area contributed by atoms with Crippen molar-refractivity contribution in [3.63, 3.8) is 0 Å². The van der Waals surface area contributed by atoms with Crippen LogP contribution in [0.5, 0.6) is 0 Å². The number of hydrogen-bond donors (Lipinski definition) is 2. The molecule has 0 saturated carbocycles. The molecule has 0 spiro atoms. The number of nitrogens with one attached hydrogen (secondary N) is 2. The summed E-state index contributed by atoms with van der Waals surface area (Å²) in [5.41, 5.74) is 2.68. The molecule has 1 amide bonds. The average molecular weight is 343 g/mol. The second-order valence-corrected chi connectivity index (χ2v) is 7.67. The highest BCUT2D eigenvalue weighted by atomic mass is 16.2. The Bertz CT molecular complexity index is 638. The Labute approximate surface area is 150 Å². The molecular weight excluding hydrogens is 314 g/mol. The van der Waals surface area contributed by atoms with Gasteiger partial charge in [0, 0.05) is 45.5 Å². The highest BCUT2D eigenvalue weighted by Gasteiger charge is 2.30. The van der Waals surface area contributed by atoms with Gasteiger partial charge in [0.1, 0.15) is 0 Å². The number of piperazine rings is 1. The van der Waals surface area contributed by atoms with Crippen LogP contribution in [0.3, 0.4) is 0 Å². The first-order valence-electron chi connectivity index (χ1n) is 9.03. The topological polar surface area (TPSA) is 60.0 Å². The number of likely N-dealkylation sites (tertiary alicyclic amines) is 1. The third-order valence-electron chi connectivity index (χ3n) is 4.98. The Balaban J connectivity index is 1.55. The van der Waals surface area contributed by atoms with Crippen molar-refractivity contribution in [2.24, 2.45) is 10.4 Å². The molecule has 2 N–H and O–H groups in total. The molecule has 6 heteroatoms. The number of amides is 1. The smallest absolute Gasteiger partial charge is 0.239 e. The summed E-state index contributed by atoms with van der Waals surface area (Å²) in [6.45, 7) is 9.48. The van der Waals surface area contributed by atoms with Crippen LogP contribution in [0.15, 0.2) is 29.3 Å². The van der Waals surface area contributed by atoms with Gasteiger partial charge in [0.05, 0.1) is 6.54 Å². The van der Waals surface area contributed by atoms with Crippen molar-refractivity contribution >= 4 is 17.6 Å². The second kappa shape index (κ2) is 7.33. The molecule has 0 radical (unpaired) electrons. The lowest BCUT2D eigenvalue weighted by atomic mass is 9.93. The molecule has 0 bridgehead atoms. The molecule has 6 nitrogen and oxygen atoms in total. The maximum atomic E-state index is 11.5. The van der Waals surface area contributed by atoms with E-state index in [4.69, 9.17) is 0 Å². The molecule has 2 aliphatic heterocycles. The molecule has 3 rings (SSSR count). The number of carbonyl (C=O) groups is 1. The standard InChI is InChI=1S/C19H29N5O/c1-19(2)8-10-24(14-19)18(20-3)22-12-15-4-6-16(7-5-15)23-11-9-21-17(25)13-23/h4-7H,8-14H2,1-3H3,(H,20,22)(H,21,25). The van der Waals surface area contributed by atoms with Crippen molar-refractivity contribution in [3.8, 4) is 0 Å². The van der Waals surface area contributed by atoms with Gasteiger partial charge in [0.2, 0.25) is 5.91 Å².